The smallest absolute Gasteiger partial charge is 0.261 e. The third-order valence-corrected chi connectivity index (χ3v) is 3.11. The SMILES string of the molecule is CCc1ccc([C@@H](C(F)F)N2CCNCC2)o1.Cl.Cl. The number of rotatable bonds is 4. The Morgan fingerprint density at radius 2 is 1.89 bits per heavy atom. The Morgan fingerprint density at radius 1 is 1.26 bits per heavy atom. The van der Waals surface area contributed by atoms with Crippen molar-refractivity contribution in [3.05, 3.63) is 23.7 Å². The van der Waals surface area contributed by atoms with Crippen LogP contribution in [0.15, 0.2) is 16.5 Å². The van der Waals surface area contributed by atoms with Crippen LogP contribution in [0.1, 0.15) is 24.5 Å². The number of aryl methyl sites for hydroxylation is 1. The van der Waals surface area contributed by atoms with Crippen molar-refractivity contribution < 1.29 is 13.2 Å². The van der Waals surface area contributed by atoms with E-state index in [1.807, 2.05) is 6.92 Å². The molecular formula is C12H20Cl2F2N2O. The summed E-state index contributed by atoms with van der Waals surface area (Å²) in [5.41, 5.74) is 0. The number of piperazine rings is 1. The first-order valence-corrected chi connectivity index (χ1v) is 6.04. The van der Waals surface area contributed by atoms with Gasteiger partial charge in [-0.1, -0.05) is 6.92 Å². The van der Waals surface area contributed by atoms with Crippen LogP contribution in [0.5, 0.6) is 0 Å². The van der Waals surface area contributed by atoms with Gasteiger partial charge in [-0.05, 0) is 12.1 Å². The van der Waals surface area contributed by atoms with Crippen molar-refractivity contribution in [2.75, 3.05) is 26.2 Å². The van der Waals surface area contributed by atoms with Crippen molar-refractivity contribution in [3.63, 3.8) is 0 Å². The van der Waals surface area contributed by atoms with Crippen LogP contribution in [0, 0.1) is 0 Å². The zero-order chi connectivity index (χ0) is 12.3. The van der Waals surface area contributed by atoms with Crippen LogP contribution in [0.4, 0.5) is 8.78 Å². The Balaban J connectivity index is 0.00000162. The van der Waals surface area contributed by atoms with E-state index in [9.17, 15) is 8.78 Å². The summed E-state index contributed by atoms with van der Waals surface area (Å²) in [5.74, 6) is 1.15. The summed E-state index contributed by atoms with van der Waals surface area (Å²) in [4.78, 5) is 1.79. The first kappa shape index (κ1) is 18.6. The van der Waals surface area contributed by atoms with Gasteiger partial charge >= 0.3 is 0 Å². The fourth-order valence-corrected chi connectivity index (χ4v) is 2.17. The Morgan fingerprint density at radius 3 is 2.37 bits per heavy atom. The zero-order valence-electron chi connectivity index (χ0n) is 10.8. The average molecular weight is 317 g/mol. The maximum absolute atomic E-state index is 13.2. The molecule has 0 radical (unpaired) electrons. The molecule has 1 N–H and O–H groups in total. The molecule has 1 aromatic heterocycles. The van der Waals surface area contributed by atoms with Gasteiger partial charge in [-0.15, -0.1) is 24.8 Å². The number of furan rings is 1. The predicted octanol–water partition coefficient (Wildman–Crippen LogP) is 2.90. The maximum Gasteiger partial charge on any atom is 0.261 e. The lowest BCUT2D eigenvalue weighted by Crippen LogP contribution is -2.46. The van der Waals surface area contributed by atoms with Crippen LogP contribution in [0.25, 0.3) is 0 Å². The normalized spacial score (nSPS) is 17.7. The molecule has 0 amide bonds. The number of hydrogen-bond donors (Lipinski definition) is 1. The van der Waals surface area contributed by atoms with Gasteiger partial charge in [-0.25, -0.2) is 8.78 Å². The first-order valence-electron chi connectivity index (χ1n) is 6.04. The van der Waals surface area contributed by atoms with Crippen LogP contribution in [0.2, 0.25) is 0 Å². The van der Waals surface area contributed by atoms with Gasteiger partial charge in [-0.2, -0.15) is 0 Å². The van der Waals surface area contributed by atoms with Crippen molar-refractivity contribution in [3.8, 4) is 0 Å². The summed E-state index contributed by atoms with van der Waals surface area (Å²) in [6.07, 6.45) is -1.68. The monoisotopic (exact) mass is 316 g/mol. The van der Waals surface area contributed by atoms with E-state index in [-0.39, 0.29) is 24.8 Å². The van der Waals surface area contributed by atoms with E-state index in [0.29, 0.717) is 18.8 Å². The van der Waals surface area contributed by atoms with Gasteiger partial charge in [0.05, 0.1) is 0 Å². The molecular weight excluding hydrogens is 297 g/mol. The highest BCUT2D eigenvalue weighted by atomic mass is 35.5. The summed E-state index contributed by atoms with van der Waals surface area (Å²) < 4.78 is 31.8. The molecule has 1 saturated heterocycles. The van der Waals surface area contributed by atoms with Crippen molar-refractivity contribution in [2.24, 2.45) is 0 Å². The standard InChI is InChI=1S/C12H18F2N2O.2ClH/c1-2-9-3-4-10(17-9)11(12(13)14)16-7-5-15-6-8-16;;/h3-4,11-12,15H,2,5-8H2,1H3;2*1H/t11-;;/m0../s1. The van der Waals surface area contributed by atoms with Gasteiger partial charge in [0.1, 0.15) is 17.6 Å². The van der Waals surface area contributed by atoms with E-state index in [1.54, 1.807) is 17.0 Å². The van der Waals surface area contributed by atoms with Crippen molar-refractivity contribution in [1.82, 2.24) is 10.2 Å². The second-order valence-corrected chi connectivity index (χ2v) is 4.22. The minimum Gasteiger partial charge on any atom is -0.464 e. The number of hydrogen-bond acceptors (Lipinski definition) is 3. The molecule has 7 heteroatoms. The molecule has 1 atom stereocenters. The minimum absolute atomic E-state index is 0. The molecule has 1 aromatic rings. The predicted molar refractivity (Wildman–Crippen MR) is 75.8 cm³/mol. The fourth-order valence-electron chi connectivity index (χ4n) is 2.17. The highest BCUT2D eigenvalue weighted by Crippen LogP contribution is 2.29. The molecule has 2 heterocycles. The molecule has 19 heavy (non-hydrogen) atoms. The number of halogens is 4. The third-order valence-electron chi connectivity index (χ3n) is 3.11. The van der Waals surface area contributed by atoms with E-state index in [0.717, 1.165) is 25.3 Å². The molecule has 1 aliphatic heterocycles. The molecule has 3 nitrogen and oxygen atoms in total. The van der Waals surface area contributed by atoms with Crippen LogP contribution in [0.3, 0.4) is 0 Å². The second kappa shape index (κ2) is 8.74. The number of nitrogens with zero attached hydrogens (tertiary/aromatic N) is 1. The molecule has 1 fully saturated rings. The lowest BCUT2D eigenvalue weighted by atomic mass is 10.1. The van der Waals surface area contributed by atoms with E-state index in [4.69, 9.17) is 4.42 Å². The lowest BCUT2D eigenvalue weighted by Gasteiger charge is -2.33. The molecule has 0 spiro atoms. The Bertz CT molecular complexity index is 357. The first-order chi connectivity index (χ1) is 8.22. The Hall–Kier alpha value is -0.360. The average Bonchev–Trinajstić information content (AvgIpc) is 2.79. The van der Waals surface area contributed by atoms with Gasteiger partial charge in [0, 0.05) is 32.6 Å². The number of nitrogens with one attached hydrogen (secondary N) is 1. The van der Waals surface area contributed by atoms with Crippen LogP contribution in [-0.4, -0.2) is 37.5 Å². The molecule has 0 bridgehead atoms. The van der Waals surface area contributed by atoms with Crippen LogP contribution >= 0.6 is 24.8 Å². The summed E-state index contributed by atoms with van der Waals surface area (Å²) in [5, 5.41) is 3.16. The highest BCUT2D eigenvalue weighted by Gasteiger charge is 2.32. The summed E-state index contributed by atoms with van der Waals surface area (Å²) in [7, 11) is 0. The third kappa shape index (κ3) is 4.60. The van der Waals surface area contributed by atoms with E-state index in [1.165, 1.54) is 0 Å². The topological polar surface area (TPSA) is 28.4 Å². The zero-order valence-corrected chi connectivity index (χ0v) is 12.4. The second-order valence-electron chi connectivity index (χ2n) is 4.22. The quantitative estimate of drug-likeness (QED) is 0.926. The lowest BCUT2D eigenvalue weighted by molar-refractivity contribution is 0.00705. The van der Waals surface area contributed by atoms with Crippen molar-refractivity contribution in [1.29, 1.82) is 0 Å². The molecule has 1 aliphatic rings. The largest absolute Gasteiger partial charge is 0.464 e. The Labute approximate surface area is 124 Å². The Kier molecular flexibility index (Phi) is 8.57. The number of alkyl halides is 2. The van der Waals surface area contributed by atoms with Gasteiger partial charge in [0.15, 0.2) is 0 Å². The molecule has 0 aromatic carbocycles. The minimum atomic E-state index is -2.41. The van der Waals surface area contributed by atoms with Crippen LogP contribution in [-0.2, 0) is 6.42 Å². The van der Waals surface area contributed by atoms with Gasteiger partial charge in [-0.3, -0.25) is 4.90 Å². The summed E-state index contributed by atoms with van der Waals surface area (Å²) in [6, 6.07) is 2.56. The molecule has 0 saturated carbocycles. The molecule has 0 aliphatic carbocycles. The molecule has 112 valence electrons. The van der Waals surface area contributed by atoms with Gasteiger partial charge < -0.3 is 9.73 Å². The van der Waals surface area contributed by atoms with Gasteiger partial charge in [0.25, 0.3) is 6.43 Å². The van der Waals surface area contributed by atoms with Gasteiger partial charge in [0.2, 0.25) is 0 Å². The highest BCUT2D eigenvalue weighted by molar-refractivity contribution is 5.85. The van der Waals surface area contributed by atoms with Crippen molar-refractivity contribution in [2.45, 2.75) is 25.8 Å². The molecule has 0 unspecified atom stereocenters. The van der Waals surface area contributed by atoms with Crippen molar-refractivity contribution >= 4 is 24.8 Å². The van der Waals surface area contributed by atoms with E-state index >= 15 is 0 Å². The molecule has 2 rings (SSSR count). The summed E-state index contributed by atoms with van der Waals surface area (Å²) >= 11 is 0. The van der Waals surface area contributed by atoms with Crippen LogP contribution < -0.4 is 5.32 Å². The van der Waals surface area contributed by atoms with E-state index < -0.39 is 12.5 Å². The fraction of sp³-hybridized carbons (Fsp3) is 0.667. The summed E-state index contributed by atoms with van der Waals surface area (Å²) in [6.45, 7) is 4.73. The van der Waals surface area contributed by atoms with E-state index in [2.05, 4.69) is 5.32 Å². The maximum atomic E-state index is 13.2.